The van der Waals surface area contributed by atoms with Gasteiger partial charge in [0.15, 0.2) is 0 Å². The molecule has 0 radical (unpaired) electrons. The summed E-state index contributed by atoms with van der Waals surface area (Å²) in [5.41, 5.74) is 0. The van der Waals surface area contributed by atoms with Crippen molar-refractivity contribution in [2.24, 2.45) is 0 Å². The molecule has 0 aromatic rings. The Morgan fingerprint density at radius 1 is 1.00 bits per heavy atom. The number of carbonyl (C=O) groups excluding carboxylic acids is 1. The van der Waals surface area contributed by atoms with Gasteiger partial charge in [-0.3, -0.25) is 0 Å². The Labute approximate surface area is 105 Å². The van der Waals surface area contributed by atoms with Gasteiger partial charge in [0.25, 0.3) is 0 Å². The first-order valence-electron chi connectivity index (χ1n) is 4.68. The molecular formula is C9H18O5S2. The fourth-order valence-corrected chi connectivity index (χ4v) is 1.35. The average molecular weight is 270 g/mol. The van der Waals surface area contributed by atoms with Gasteiger partial charge in [-0.15, -0.1) is 23.5 Å². The van der Waals surface area contributed by atoms with Crippen molar-refractivity contribution in [2.45, 2.75) is 26.4 Å². The lowest BCUT2D eigenvalue weighted by molar-refractivity contribution is -0.139. The fourth-order valence-electron chi connectivity index (χ4n) is 0.695. The number of rotatable bonds is 8. The van der Waals surface area contributed by atoms with Crippen LogP contribution in [-0.2, 0) is 18.9 Å². The van der Waals surface area contributed by atoms with Crippen molar-refractivity contribution in [1.82, 2.24) is 0 Å². The summed E-state index contributed by atoms with van der Waals surface area (Å²) in [6, 6.07) is 0. The molecule has 0 saturated carbocycles. The molecule has 96 valence electrons. The number of carbonyl (C=O) groups is 1. The molecule has 0 N–H and O–H groups in total. The van der Waals surface area contributed by atoms with Crippen molar-refractivity contribution in [3.8, 4) is 0 Å². The molecule has 0 spiro atoms. The number of ether oxygens (including phenoxy) is 4. The van der Waals surface area contributed by atoms with E-state index in [9.17, 15) is 4.79 Å². The minimum atomic E-state index is -0.790. The molecule has 0 aliphatic rings. The average Bonchev–Trinajstić information content (AvgIpc) is 2.23. The van der Waals surface area contributed by atoms with Crippen LogP contribution in [0.15, 0.2) is 0 Å². The second-order valence-corrected chi connectivity index (χ2v) is 4.39. The summed E-state index contributed by atoms with van der Waals surface area (Å²) in [5.74, 6) is 0.931. The monoisotopic (exact) mass is 270 g/mol. The molecule has 7 heteroatoms. The van der Waals surface area contributed by atoms with Crippen LogP contribution in [-0.4, -0.2) is 43.1 Å². The summed E-state index contributed by atoms with van der Waals surface area (Å²) in [6.07, 6.45) is 1.76. The third-order valence-corrected chi connectivity index (χ3v) is 2.11. The Balaban J connectivity index is 3.63. The van der Waals surface area contributed by atoms with Crippen LogP contribution in [0, 0.1) is 0 Å². The lowest BCUT2D eigenvalue weighted by Gasteiger charge is -2.16. The summed E-state index contributed by atoms with van der Waals surface area (Å²) < 4.78 is 19.9. The van der Waals surface area contributed by atoms with E-state index in [1.54, 1.807) is 13.8 Å². The second-order valence-electron chi connectivity index (χ2n) is 2.77. The third kappa shape index (κ3) is 9.14. The molecule has 5 nitrogen and oxygen atoms in total. The number of hydrogen-bond donors (Lipinski definition) is 0. The normalized spacial score (nSPS) is 14.2. The smallest absolute Gasteiger partial charge is 0.405 e. The van der Waals surface area contributed by atoms with E-state index in [-0.39, 0.29) is 0 Å². The van der Waals surface area contributed by atoms with Gasteiger partial charge in [-0.25, -0.2) is 4.79 Å². The number of hydrogen-bond acceptors (Lipinski definition) is 7. The highest BCUT2D eigenvalue weighted by atomic mass is 32.2. The van der Waals surface area contributed by atoms with Gasteiger partial charge in [0.05, 0.1) is 11.9 Å². The van der Waals surface area contributed by atoms with Crippen LogP contribution >= 0.6 is 23.5 Å². The van der Waals surface area contributed by atoms with Crippen LogP contribution < -0.4 is 0 Å². The van der Waals surface area contributed by atoms with Crippen LogP contribution in [0.3, 0.4) is 0 Å². The molecule has 0 aliphatic heterocycles. The minimum absolute atomic E-state index is 0.465. The molecule has 0 fully saturated rings. The van der Waals surface area contributed by atoms with E-state index in [1.807, 2.05) is 12.5 Å². The quantitative estimate of drug-likeness (QED) is 0.496. The van der Waals surface area contributed by atoms with E-state index < -0.39 is 18.7 Å². The molecule has 2 atom stereocenters. The van der Waals surface area contributed by atoms with Gasteiger partial charge < -0.3 is 18.9 Å². The third-order valence-electron chi connectivity index (χ3n) is 1.37. The Kier molecular flexibility index (Phi) is 10.0. The minimum Gasteiger partial charge on any atom is -0.405 e. The molecule has 0 amide bonds. The van der Waals surface area contributed by atoms with Crippen LogP contribution in [0.5, 0.6) is 0 Å². The number of thioether (sulfide) groups is 2. The van der Waals surface area contributed by atoms with Gasteiger partial charge in [-0.1, -0.05) is 0 Å². The predicted octanol–water partition coefficient (Wildman–Crippen LogP) is 2.51. The van der Waals surface area contributed by atoms with E-state index in [1.165, 1.54) is 23.5 Å². The summed E-state index contributed by atoms with van der Waals surface area (Å²) in [7, 11) is 0. The second kappa shape index (κ2) is 10.1. The standard InChI is InChI=1S/C9H18O5S2/c1-7(11-5-15-3)13-9(10)14-8(2)12-6-16-4/h7-8H,5-6H2,1-4H3. The van der Waals surface area contributed by atoms with E-state index in [2.05, 4.69) is 0 Å². The van der Waals surface area contributed by atoms with Gasteiger partial charge in [-0.2, -0.15) is 0 Å². The van der Waals surface area contributed by atoms with Crippen LogP contribution in [0.1, 0.15) is 13.8 Å². The lowest BCUT2D eigenvalue weighted by Crippen LogP contribution is -2.23. The molecule has 0 aromatic carbocycles. The molecule has 0 saturated heterocycles. The van der Waals surface area contributed by atoms with Crippen molar-refractivity contribution in [2.75, 3.05) is 24.4 Å². The highest BCUT2D eigenvalue weighted by Crippen LogP contribution is 2.05. The van der Waals surface area contributed by atoms with Gasteiger partial charge in [0.1, 0.15) is 0 Å². The van der Waals surface area contributed by atoms with Gasteiger partial charge >= 0.3 is 6.16 Å². The van der Waals surface area contributed by atoms with Crippen molar-refractivity contribution in [3.63, 3.8) is 0 Å². The molecule has 2 unspecified atom stereocenters. The van der Waals surface area contributed by atoms with E-state index in [0.717, 1.165) is 0 Å². The van der Waals surface area contributed by atoms with Gasteiger partial charge in [-0.05, 0) is 26.4 Å². The van der Waals surface area contributed by atoms with Crippen LogP contribution in [0.4, 0.5) is 4.79 Å². The zero-order chi connectivity index (χ0) is 12.4. The molecule has 0 heterocycles. The van der Waals surface area contributed by atoms with Crippen molar-refractivity contribution in [3.05, 3.63) is 0 Å². The van der Waals surface area contributed by atoms with E-state index in [0.29, 0.717) is 11.9 Å². The first-order valence-corrected chi connectivity index (χ1v) is 7.47. The molecule has 0 rings (SSSR count). The maximum absolute atomic E-state index is 11.2. The fraction of sp³-hybridized carbons (Fsp3) is 0.889. The molecular weight excluding hydrogens is 252 g/mol. The molecule has 0 bridgehead atoms. The van der Waals surface area contributed by atoms with E-state index in [4.69, 9.17) is 18.9 Å². The zero-order valence-corrected chi connectivity index (χ0v) is 11.6. The van der Waals surface area contributed by atoms with Crippen molar-refractivity contribution < 1.29 is 23.7 Å². The lowest BCUT2D eigenvalue weighted by atomic mass is 10.7. The van der Waals surface area contributed by atoms with Gasteiger partial charge in [0, 0.05) is 0 Å². The maximum Gasteiger partial charge on any atom is 0.512 e. The molecule has 16 heavy (non-hydrogen) atoms. The zero-order valence-electron chi connectivity index (χ0n) is 9.93. The Morgan fingerprint density at radius 2 is 1.38 bits per heavy atom. The largest absolute Gasteiger partial charge is 0.512 e. The van der Waals surface area contributed by atoms with Gasteiger partial charge in [0.2, 0.25) is 12.6 Å². The Bertz CT molecular complexity index is 173. The highest BCUT2D eigenvalue weighted by molar-refractivity contribution is 7.98. The van der Waals surface area contributed by atoms with Crippen LogP contribution in [0.2, 0.25) is 0 Å². The summed E-state index contributed by atoms with van der Waals surface area (Å²) in [4.78, 5) is 11.2. The topological polar surface area (TPSA) is 54.0 Å². The highest BCUT2D eigenvalue weighted by Gasteiger charge is 2.14. The Morgan fingerprint density at radius 3 is 1.69 bits per heavy atom. The Hall–Kier alpha value is -0.110. The predicted molar refractivity (Wildman–Crippen MR) is 65.4 cm³/mol. The van der Waals surface area contributed by atoms with Crippen LogP contribution in [0.25, 0.3) is 0 Å². The maximum atomic E-state index is 11.2. The van der Waals surface area contributed by atoms with Crippen molar-refractivity contribution >= 4 is 29.7 Å². The summed E-state index contributed by atoms with van der Waals surface area (Å²) in [5, 5.41) is 0. The van der Waals surface area contributed by atoms with E-state index >= 15 is 0 Å². The molecule has 0 aliphatic carbocycles. The van der Waals surface area contributed by atoms with Crippen molar-refractivity contribution in [1.29, 1.82) is 0 Å². The summed E-state index contributed by atoms with van der Waals surface area (Å²) >= 11 is 3.00. The SMILES string of the molecule is CSCOC(C)OC(=O)OC(C)OCSC. The molecule has 0 aromatic heterocycles. The summed E-state index contributed by atoms with van der Waals surface area (Å²) in [6.45, 7) is 3.26. The first kappa shape index (κ1) is 15.9. The first-order chi connectivity index (χ1) is 7.60.